The van der Waals surface area contributed by atoms with Gasteiger partial charge in [-0.15, -0.1) is 0 Å². The van der Waals surface area contributed by atoms with Gasteiger partial charge in [0.2, 0.25) is 5.91 Å². The third kappa shape index (κ3) is 69.1. The number of nitrogens with one attached hydrogen (secondary N) is 1. The van der Waals surface area contributed by atoms with Crippen molar-refractivity contribution < 1.29 is 37.3 Å². The van der Waals surface area contributed by atoms with Crippen LogP contribution in [0.4, 0.5) is 0 Å². The van der Waals surface area contributed by atoms with E-state index in [-0.39, 0.29) is 24.9 Å². The van der Waals surface area contributed by atoms with Crippen LogP contribution in [0.5, 0.6) is 0 Å². The second-order valence-electron chi connectivity index (χ2n) is 26.4. The van der Waals surface area contributed by atoms with Crippen LogP contribution < -0.4 is 10.2 Å². The van der Waals surface area contributed by atoms with Crippen molar-refractivity contribution >= 4 is 19.7 Å². The number of likely N-dealkylation sites (N-methyl/N-ethyl adjacent to an activating group) is 1. The fourth-order valence-corrected chi connectivity index (χ4v) is 11.5. The van der Waals surface area contributed by atoms with Crippen molar-refractivity contribution in [3.8, 4) is 0 Å². The van der Waals surface area contributed by atoms with E-state index in [1.54, 1.807) is 0 Å². The van der Waals surface area contributed by atoms with Crippen molar-refractivity contribution in [3.05, 3.63) is 97.2 Å². The lowest BCUT2D eigenvalue weighted by molar-refractivity contribution is -0.870. The van der Waals surface area contributed by atoms with Gasteiger partial charge in [0.15, 0.2) is 0 Å². The molecule has 0 aromatic rings. The second-order valence-corrected chi connectivity index (χ2v) is 27.8. The molecule has 0 fully saturated rings. The molecule has 0 aromatic carbocycles. The molecule has 0 aromatic heterocycles. The molecule has 0 aliphatic heterocycles. The molecule has 516 valence electrons. The quantitative estimate of drug-likeness (QED) is 0.0212. The van der Waals surface area contributed by atoms with Crippen LogP contribution in [-0.4, -0.2) is 69.4 Å². The standard InChI is InChI=1S/C79H143N2O7P/c1-7-10-13-16-19-22-25-28-30-32-34-36-38-39-40-41-43-44-46-48-50-53-56-59-62-65-68-71-78(82)80-76(75-87-89(84,85)86-74-73-81(4,5)6)77(70-67-64-61-58-55-52-27-24-21-18-15-12-9-3)88-79(83)72-69-66-63-60-57-54-51-49-47-45-42-37-35-33-31-29-26-23-20-17-14-11-8-2/h11,14,19-20,22-23,28-31,35,37,45,47,67,70,76-77H,7-10,12-13,15-18,21,24-27,32-34,36,38-44,46,48-66,68-69,71-75H2,1-6H3,(H-,80,82,84,85)/b14-11-,22-19-,23-20-,30-28-,31-29-,37-35-,47-45-,70-67-. The SMILES string of the molecule is CC/C=C\C/C=C\C/C=C\C/C=C\C/C=C\CCCCCCCCCC(=O)OC(/C=C\CCCCCCCCCCCCC)C(COP(=O)([O-])OCC[N+](C)(C)C)NC(=O)CCCCCCCCCCCCCCCCCCC/C=C\C/C=C\CCCCC. The van der Waals surface area contributed by atoms with Crippen molar-refractivity contribution in [2.75, 3.05) is 40.9 Å². The monoisotopic (exact) mass is 1260 g/mol. The molecule has 0 saturated carbocycles. The van der Waals surface area contributed by atoms with Crippen molar-refractivity contribution in [2.45, 2.75) is 354 Å². The predicted octanol–water partition coefficient (Wildman–Crippen LogP) is 23.6. The highest BCUT2D eigenvalue weighted by Gasteiger charge is 2.27. The summed E-state index contributed by atoms with van der Waals surface area (Å²) in [5.74, 6) is -0.545. The van der Waals surface area contributed by atoms with E-state index < -0.39 is 26.6 Å². The molecular weight excluding hydrogens is 1120 g/mol. The summed E-state index contributed by atoms with van der Waals surface area (Å²) < 4.78 is 30.5. The number of hydrogen-bond donors (Lipinski definition) is 1. The zero-order chi connectivity index (χ0) is 64.9. The summed E-state index contributed by atoms with van der Waals surface area (Å²) >= 11 is 0. The van der Waals surface area contributed by atoms with E-state index in [9.17, 15) is 19.0 Å². The fourth-order valence-electron chi connectivity index (χ4n) is 10.8. The Labute approximate surface area is 551 Å². The Kier molecular flexibility index (Phi) is 65.5. The van der Waals surface area contributed by atoms with E-state index in [2.05, 4.69) is 111 Å². The van der Waals surface area contributed by atoms with E-state index in [0.29, 0.717) is 17.4 Å². The number of amides is 1. The maximum Gasteiger partial charge on any atom is 0.306 e. The molecule has 3 atom stereocenters. The lowest BCUT2D eigenvalue weighted by atomic mass is 10.0. The van der Waals surface area contributed by atoms with Gasteiger partial charge in [-0.05, 0) is 109 Å². The third-order valence-electron chi connectivity index (χ3n) is 16.5. The van der Waals surface area contributed by atoms with E-state index in [0.717, 1.165) is 109 Å². The second kappa shape index (κ2) is 67.8. The third-order valence-corrected chi connectivity index (χ3v) is 17.5. The first kappa shape index (κ1) is 85.9. The number of ether oxygens (including phenoxy) is 1. The minimum absolute atomic E-state index is 0.0267. The molecule has 0 spiro atoms. The van der Waals surface area contributed by atoms with Gasteiger partial charge in [-0.3, -0.25) is 14.2 Å². The van der Waals surface area contributed by atoms with Crippen LogP contribution in [0.15, 0.2) is 97.2 Å². The van der Waals surface area contributed by atoms with Crippen LogP contribution in [-0.2, 0) is 27.9 Å². The maximum absolute atomic E-state index is 13.6. The maximum atomic E-state index is 13.6. The Hall–Kier alpha value is -3.07. The van der Waals surface area contributed by atoms with Gasteiger partial charge in [0.1, 0.15) is 19.3 Å². The molecule has 0 saturated heterocycles. The zero-order valence-electron chi connectivity index (χ0n) is 59.1. The van der Waals surface area contributed by atoms with Crippen molar-refractivity contribution in [1.29, 1.82) is 0 Å². The van der Waals surface area contributed by atoms with E-state index in [1.807, 2.05) is 33.3 Å². The zero-order valence-corrected chi connectivity index (χ0v) is 60.0. The van der Waals surface area contributed by atoms with Gasteiger partial charge in [0.25, 0.3) is 7.82 Å². The molecule has 10 heteroatoms. The summed E-state index contributed by atoms with van der Waals surface area (Å²) in [6.07, 6.45) is 92.5. The molecule has 9 nitrogen and oxygen atoms in total. The number of allylic oxidation sites excluding steroid dienone is 15. The summed E-state index contributed by atoms with van der Waals surface area (Å²) in [6.45, 7) is 6.74. The summed E-state index contributed by atoms with van der Waals surface area (Å²) in [5, 5.41) is 3.05. The van der Waals surface area contributed by atoms with Gasteiger partial charge in [-0.1, -0.05) is 317 Å². The average molecular weight is 1260 g/mol. The molecule has 89 heavy (non-hydrogen) atoms. The predicted molar refractivity (Wildman–Crippen MR) is 385 cm³/mol. The lowest BCUT2D eigenvalue weighted by Crippen LogP contribution is -2.47. The number of carbonyl (C=O) groups excluding carboxylic acids is 2. The van der Waals surface area contributed by atoms with Crippen molar-refractivity contribution in [3.63, 3.8) is 0 Å². The molecule has 0 rings (SSSR count). The van der Waals surface area contributed by atoms with Gasteiger partial charge < -0.3 is 28.5 Å². The Morgan fingerprint density at radius 2 is 0.719 bits per heavy atom. The molecule has 3 unspecified atom stereocenters. The van der Waals surface area contributed by atoms with Gasteiger partial charge in [0.05, 0.1) is 33.8 Å². The molecule has 0 bridgehead atoms. The summed E-state index contributed by atoms with van der Waals surface area (Å²) in [4.78, 5) is 40.3. The van der Waals surface area contributed by atoms with Crippen LogP contribution in [0, 0.1) is 0 Å². The van der Waals surface area contributed by atoms with Crippen LogP contribution >= 0.6 is 7.82 Å². The van der Waals surface area contributed by atoms with Crippen molar-refractivity contribution in [1.82, 2.24) is 5.32 Å². The molecular formula is C79H143N2O7P. The molecule has 0 heterocycles. The highest BCUT2D eigenvalue weighted by Crippen LogP contribution is 2.38. The molecule has 0 aliphatic carbocycles. The molecule has 0 radical (unpaired) electrons. The smallest absolute Gasteiger partial charge is 0.306 e. The topological polar surface area (TPSA) is 114 Å². The van der Waals surface area contributed by atoms with Crippen LogP contribution in [0.3, 0.4) is 0 Å². The highest BCUT2D eigenvalue weighted by atomic mass is 31.2. The number of hydrogen-bond acceptors (Lipinski definition) is 7. The first-order chi connectivity index (χ1) is 43.4. The van der Waals surface area contributed by atoms with E-state index >= 15 is 0 Å². The normalized spacial score (nSPS) is 14.0. The largest absolute Gasteiger partial charge is 0.756 e. The minimum atomic E-state index is -4.71. The Bertz CT molecular complexity index is 1840. The number of unbranched alkanes of at least 4 members (excludes halogenated alkanes) is 38. The van der Waals surface area contributed by atoms with Gasteiger partial charge in [-0.25, -0.2) is 0 Å². The van der Waals surface area contributed by atoms with Gasteiger partial charge in [0, 0.05) is 12.8 Å². The minimum Gasteiger partial charge on any atom is -0.756 e. The summed E-state index contributed by atoms with van der Waals surface area (Å²) in [7, 11) is 1.18. The van der Waals surface area contributed by atoms with Gasteiger partial charge >= 0.3 is 5.97 Å². The number of phosphoric ester groups is 1. The number of rotatable bonds is 68. The molecule has 1 amide bonds. The summed E-state index contributed by atoms with van der Waals surface area (Å²) in [6, 6.07) is -0.899. The number of esters is 1. The van der Waals surface area contributed by atoms with Crippen LogP contribution in [0.1, 0.15) is 342 Å². The Balaban J connectivity index is 5.04. The first-order valence-electron chi connectivity index (χ1n) is 37.5. The van der Waals surface area contributed by atoms with Crippen molar-refractivity contribution in [2.24, 2.45) is 0 Å². The molecule has 0 aliphatic rings. The van der Waals surface area contributed by atoms with Gasteiger partial charge in [-0.2, -0.15) is 0 Å². The lowest BCUT2D eigenvalue weighted by Gasteiger charge is -2.30. The van der Waals surface area contributed by atoms with Crippen LogP contribution in [0.2, 0.25) is 0 Å². The number of nitrogens with zero attached hydrogens (tertiary/aromatic N) is 1. The van der Waals surface area contributed by atoms with E-state index in [1.165, 1.54) is 199 Å². The molecule has 1 N–H and O–H groups in total. The number of quaternary nitrogens is 1. The Morgan fingerprint density at radius 1 is 0.404 bits per heavy atom. The Morgan fingerprint density at radius 3 is 1.10 bits per heavy atom. The first-order valence-corrected chi connectivity index (χ1v) is 39.0. The fraction of sp³-hybridized carbons (Fsp3) is 0.772. The van der Waals surface area contributed by atoms with Crippen LogP contribution in [0.25, 0.3) is 0 Å². The average Bonchev–Trinajstić information content (AvgIpc) is 3.57. The summed E-state index contributed by atoms with van der Waals surface area (Å²) in [5.41, 5.74) is 0. The van der Waals surface area contributed by atoms with E-state index in [4.69, 9.17) is 13.8 Å². The number of carbonyl (C=O) groups is 2. The number of phosphoric acid groups is 1. The highest BCUT2D eigenvalue weighted by molar-refractivity contribution is 7.45.